The number of pyridine rings is 3. The summed E-state index contributed by atoms with van der Waals surface area (Å²) in [7, 11) is 3.94. The first kappa shape index (κ1) is 29.3. The van der Waals surface area contributed by atoms with E-state index in [1.54, 1.807) is 6.20 Å². The summed E-state index contributed by atoms with van der Waals surface area (Å²) < 4.78 is 20.5. The van der Waals surface area contributed by atoms with Gasteiger partial charge in [-0.25, -0.2) is 9.37 Å². The Morgan fingerprint density at radius 1 is 0.804 bits per heavy atom. The first-order valence-corrected chi connectivity index (χ1v) is 15.1. The van der Waals surface area contributed by atoms with Crippen molar-refractivity contribution >= 4 is 21.9 Å². The standard InChI is InChI=1S/C36H33FN8O/c1-45(2)10-11-46-29-14-25(13-28(37)16-29)34-30-17-33(42-32(30)8-9-40-34)35-31-15-27(22-41-36(31)44-43-35)26-12-24(20-39-21-26)19-38-18-23-6-4-3-5-7-23/h3-9,12-17,20-22,38,42H,10-11,18-19H2,1-2H3,(H,41,43,44). The number of fused-ring (bicyclic) bond motifs is 2. The maximum absolute atomic E-state index is 14.7. The van der Waals surface area contributed by atoms with E-state index in [9.17, 15) is 4.39 Å². The van der Waals surface area contributed by atoms with E-state index in [4.69, 9.17) is 4.74 Å². The molecule has 3 N–H and O–H groups in total. The van der Waals surface area contributed by atoms with Crippen molar-refractivity contribution in [2.45, 2.75) is 13.1 Å². The summed E-state index contributed by atoms with van der Waals surface area (Å²) in [5.41, 5.74) is 8.58. The zero-order chi connectivity index (χ0) is 31.5. The Balaban J connectivity index is 1.17. The molecule has 0 aliphatic heterocycles. The van der Waals surface area contributed by atoms with E-state index in [1.807, 2.05) is 74.0 Å². The molecule has 0 fully saturated rings. The molecule has 7 aromatic rings. The molecule has 0 saturated heterocycles. The fraction of sp³-hybridized carbons (Fsp3) is 0.167. The van der Waals surface area contributed by atoms with Crippen molar-refractivity contribution in [3.63, 3.8) is 0 Å². The molecule has 5 heterocycles. The van der Waals surface area contributed by atoms with Crippen LogP contribution in [0.2, 0.25) is 0 Å². The first-order chi connectivity index (χ1) is 22.5. The molecule has 0 saturated carbocycles. The van der Waals surface area contributed by atoms with Gasteiger partial charge in [-0.3, -0.25) is 15.1 Å². The van der Waals surface area contributed by atoms with Crippen LogP contribution in [0.1, 0.15) is 11.1 Å². The van der Waals surface area contributed by atoms with E-state index in [2.05, 4.69) is 59.7 Å². The van der Waals surface area contributed by atoms with Crippen molar-refractivity contribution in [1.29, 1.82) is 0 Å². The van der Waals surface area contributed by atoms with Crippen molar-refractivity contribution in [1.82, 2.24) is 40.3 Å². The van der Waals surface area contributed by atoms with E-state index in [0.29, 0.717) is 35.8 Å². The highest BCUT2D eigenvalue weighted by molar-refractivity contribution is 6.00. The molecule has 0 amide bonds. The molecule has 0 aliphatic rings. The van der Waals surface area contributed by atoms with Gasteiger partial charge in [-0.15, -0.1) is 0 Å². The number of hydrogen-bond acceptors (Lipinski definition) is 7. The van der Waals surface area contributed by atoms with Gasteiger partial charge in [0.2, 0.25) is 0 Å². The second-order valence-electron chi connectivity index (χ2n) is 11.5. The highest BCUT2D eigenvalue weighted by Gasteiger charge is 2.17. The second kappa shape index (κ2) is 12.9. The summed E-state index contributed by atoms with van der Waals surface area (Å²) in [5.74, 6) is 0.0863. The Bertz CT molecular complexity index is 2120. The fourth-order valence-corrected chi connectivity index (χ4v) is 5.50. The molecule has 10 heteroatoms. The van der Waals surface area contributed by atoms with Gasteiger partial charge in [-0.05, 0) is 61.6 Å². The van der Waals surface area contributed by atoms with Gasteiger partial charge in [-0.2, -0.15) is 5.10 Å². The Labute approximate surface area is 265 Å². The monoisotopic (exact) mass is 612 g/mol. The molecular weight excluding hydrogens is 579 g/mol. The minimum absolute atomic E-state index is 0.380. The third kappa shape index (κ3) is 6.35. The maximum Gasteiger partial charge on any atom is 0.155 e. The molecule has 0 aliphatic carbocycles. The Hall–Kier alpha value is -5.45. The van der Waals surface area contributed by atoms with Gasteiger partial charge in [-0.1, -0.05) is 30.3 Å². The first-order valence-electron chi connectivity index (χ1n) is 15.1. The van der Waals surface area contributed by atoms with Crippen LogP contribution in [-0.2, 0) is 13.1 Å². The number of rotatable bonds is 11. The summed E-state index contributed by atoms with van der Waals surface area (Å²) >= 11 is 0. The Morgan fingerprint density at radius 2 is 1.65 bits per heavy atom. The lowest BCUT2D eigenvalue weighted by atomic mass is 10.1. The topological polar surface area (TPSA) is 108 Å². The van der Waals surface area contributed by atoms with Crippen LogP contribution in [0.25, 0.3) is 55.7 Å². The number of halogens is 1. The summed E-state index contributed by atoms with van der Waals surface area (Å²) in [6.07, 6.45) is 7.27. The van der Waals surface area contributed by atoms with Crippen molar-refractivity contribution in [2.24, 2.45) is 0 Å². The molecule has 0 bridgehead atoms. The van der Waals surface area contributed by atoms with E-state index in [1.165, 1.54) is 17.7 Å². The Kier molecular flexibility index (Phi) is 8.20. The SMILES string of the molecule is CN(C)CCOc1cc(F)cc(-c2nccc3[nH]c(-c4n[nH]c5ncc(-c6cncc(CNCc7ccccc7)c6)cc45)cc23)c1. The lowest BCUT2D eigenvalue weighted by Crippen LogP contribution is -2.19. The molecule has 2 aromatic carbocycles. The third-order valence-corrected chi connectivity index (χ3v) is 7.80. The average Bonchev–Trinajstić information content (AvgIpc) is 3.69. The number of nitrogens with zero attached hydrogens (tertiary/aromatic N) is 5. The predicted octanol–water partition coefficient (Wildman–Crippen LogP) is 6.60. The van der Waals surface area contributed by atoms with E-state index in [0.717, 1.165) is 57.5 Å². The normalized spacial score (nSPS) is 11.6. The third-order valence-electron chi connectivity index (χ3n) is 7.80. The summed E-state index contributed by atoms with van der Waals surface area (Å²) in [6.45, 7) is 2.66. The molecule has 230 valence electrons. The van der Waals surface area contributed by atoms with Crippen LogP contribution >= 0.6 is 0 Å². The maximum atomic E-state index is 14.7. The van der Waals surface area contributed by atoms with E-state index < -0.39 is 0 Å². The van der Waals surface area contributed by atoms with Gasteiger partial charge < -0.3 is 19.9 Å². The van der Waals surface area contributed by atoms with E-state index in [-0.39, 0.29) is 5.82 Å². The molecule has 0 atom stereocenters. The molecule has 0 unspecified atom stereocenters. The minimum Gasteiger partial charge on any atom is -0.492 e. The molecule has 9 nitrogen and oxygen atoms in total. The second-order valence-corrected chi connectivity index (χ2v) is 11.5. The van der Waals surface area contributed by atoms with Crippen LogP contribution in [0, 0.1) is 5.82 Å². The summed E-state index contributed by atoms with van der Waals surface area (Å²) in [5, 5.41) is 12.9. The number of ether oxygens (including phenoxy) is 1. The lowest BCUT2D eigenvalue weighted by Gasteiger charge is -2.12. The van der Waals surface area contributed by atoms with Crippen LogP contribution in [0.5, 0.6) is 5.75 Å². The van der Waals surface area contributed by atoms with Crippen molar-refractivity contribution < 1.29 is 9.13 Å². The summed E-state index contributed by atoms with van der Waals surface area (Å²) in [4.78, 5) is 19.3. The molecule has 46 heavy (non-hydrogen) atoms. The minimum atomic E-state index is -0.380. The average molecular weight is 613 g/mol. The largest absolute Gasteiger partial charge is 0.492 e. The van der Waals surface area contributed by atoms with Crippen LogP contribution in [0.3, 0.4) is 0 Å². The summed E-state index contributed by atoms with van der Waals surface area (Å²) in [6, 6.07) is 23.1. The van der Waals surface area contributed by atoms with Crippen molar-refractivity contribution in [3.05, 3.63) is 115 Å². The van der Waals surface area contributed by atoms with Crippen LogP contribution in [-0.4, -0.2) is 62.3 Å². The van der Waals surface area contributed by atoms with Crippen LogP contribution < -0.4 is 10.1 Å². The smallest absolute Gasteiger partial charge is 0.155 e. The number of nitrogens with one attached hydrogen (secondary N) is 3. The van der Waals surface area contributed by atoms with Crippen molar-refractivity contribution in [3.8, 4) is 39.5 Å². The Morgan fingerprint density at radius 3 is 2.52 bits per heavy atom. The van der Waals surface area contributed by atoms with Gasteiger partial charge in [0.1, 0.15) is 23.9 Å². The zero-order valence-electron chi connectivity index (χ0n) is 25.6. The molecule has 0 spiro atoms. The number of H-pyrrole nitrogens is 2. The van der Waals surface area contributed by atoms with Gasteiger partial charge in [0, 0.05) is 83.5 Å². The highest BCUT2D eigenvalue weighted by atomic mass is 19.1. The predicted molar refractivity (Wildman–Crippen MR) is 179 cm³/mol. The number of benzene rings is 2. The number of aromatic nitrogens is 6. The highest BCUT2D eigenvalue weighted by Crippen LogP contribution is 2.35. The number of hydrogen-bond donors (Lipinski definition) is 3. The molecule has 0 radical (unpaired) electrons. The van der Waals surface area contributed by atoms with E-state index >= 15 is 0 Å². The lowest BCUT2D eigenvalue weighted by molar-refractivity contribution is 0.260. The van der Waals surface area contributed by atoms with Gasteiger partial charge in [0.25, 0.3) is 0 Å². The molecule has 5 aromatic heterocycles. The quantitative estimate of drug-likeness (QED) is 0.151. The van der Waals surface area contributed by atoms with Crippen LogP contribution in [0.4, 0.5) is 4.39 Å². The molecular formula is C36H33FN8O. The number of aromatic amines is 2. The van der Waals surface area contributed by atoms with Crippen LogP contribution in [0.15, 0.2) is 97.6 Å². The number of likely N-dealkylation sites (N-methyl/N-ethyl adjacent to an activating group) is 1. The fourth-order valence-electron chi connectivity index (χ4n) is 5.50. The van der Waals surface area contributed by atoms with Crippen molar-refractivity contribution in [2.75, 3.05) is 27.2 Å². The van der Waals surface area contributed by atoms with Gasteiger partial charge in [0.15, 0.2) is 5.65 Å². The molecule has 7 rings (SSSR count). The van der Waals surface area contributed by atoms with Gasteiger partial charge >= 0.3 is 0 Å². The zero-order valence-corrected chi connectivity index (χ0v) is 25.6. The van der Waals surface area contributed by atoms with Gasteiger partial charge in [0.05, 0.1) is 11.4 Å².